The molecule has 2 aromatic rings. The average Bonchev–Trinajstić information content (AvgIpc) is 2.81. The highest BCUT2D eigenvalue weighted by Gasteiger charge is 2.16. The molecule has 0 spiro atoms. The van der Waals surface area contributed by atoms with E-state index in [9.17, 15) is 0 Å². The van der Waals surface area contributed by atoms with Gasteiger partial charge in [-0.3, -0.25) is 4.90 Å². The van der Waals surface area contributed by atoms with E-state index in [1.54, 1.807) is 0 Å². The van der Waals surface area contributed by atoms with Crippen LogP contribution in [-0.4, -0.2) is 41.7 Å². The largest absolute Gasteiger partial charge is 0.381 e. The first-order chi connectivity index (χ1) is 10.1. The molecule has 1 aromatic carbocycles. The molecular weight excluding hydrogens is 262 g/mol. The number of nitrogens with one attached hydrogen (secondary N) is 1. The second kappa shape index (κ2) is 6.16. The molecule has 0 aliphatic carbocycles. The number of nitrogens with zero attached hydrogens (tertiary/aromatic N) is 2. The lowest BCUT2D eigenvalue weighted by Crippen LogP contribution is -2.29. The van der Waals surface area contributed by atoms with Gasteiger partial charge in [-0.25, -0.2) is 4.98 Å². The fourth-order valence-corrected chi connectivity index (χ4v) is 3.09. The van der Waals surface area contributed by atoms with Crippen molar-refractivity contribution in [3.05, 3.63) is 29.1 Å². The second-order valence-electron chi connectivity index (χ2n) is 6.39. The van der Waals surface area contributed by atoms with Gasteiger partial charge in [-0.05, 0) is 62.9 Å². The van der Waals surface area contributed by atoms with E-state index in [0.717, 1.165) is 49.1 Å². The van der Waals surface area contributed by atoms with E-state index in [1.165, 1.54) is 24.0 Å². The summed E-state index contributed by atoms with van der Waals surface area (Å²) in [6.45, 7) is 8.12. The van der Waals surface area contributed by atoms with Crippen LogP contribution in [0.15, 0.2) is 12.1 Å². The second-order valence-corrected chi connectivity index (χ2v) is 6.39. The van der Waals surface area contributed by atoms with E-state index in [2.05, 4.69) is 42.9 Å². The fraction of sp³-hybridized carbons (Fsp3) is 0.588. The lowest BCUT2D eigenvalue weighted by atomic mass is 10.00. The smallest absolute Gasteiger partial charge is 0.121 e. The Morgan fingerprint density at radius 2 is 1.95 bits per heavy atom. The van der Waals surface area contributed by atoms with Crippen LogP contribution in [0, 0.1) is 19.8 Å². The van der Waals surface area contributed by atoms with Crippen molar-refractivity contribution in [2.75, 3.05) is 26.8 Å². The molecule has 0 unspecified atom stereocenters. The number of hydrogen-bond acceptors (Lipinski definition) is 3. The summed E-state index contributed by atoms with van der Waals surface area (Å²) in [6, 6.07) is 4.36. The van der Waals surface area contributed by atoms with Crippen LogP contribution in [0.25, 0.3) is 11.0 Å². The van der Waals surface area contributed by atoms with Crippen molar-refractivity contribution in [3.63, 3.8) is 0 Å². The number of ether oxygens (including phenoxy) is 1. The molecule has 2 heterocycles. The van der Waals surface area contributed by atoms with Crippen LogP contribution >= 0.6 is 0 Å². The molecule has 1 saturated heterocycles. The predicted molar refractivity (Wildman–Crippen MR) is 85.4 cm³/mol. The van der Waals surface area contributed by atoms with E-state index >= 15 is 0 Å². The minimum Gasteiger partial charge on any atom is -0.381 e. The molecule has 0 bridgehead atoms. The quantitative estimate of drug-likeness (QED) is 0.939. The SMILES string of the molecule is Cc1cc2nc(CN(C)CC3CCOCC3)[nH]c2cc1C. The van der Waals surface area contributed by atoms with Crippen molar-refractivity contribution >= 4 is 11.0 Å². The summed E-state index contributed by atoms with van der Waals surface area (Å²) in [6.07, 6.45) is 2.37. The average molecular weight is 287 g/mol. The van der Waals surface area contributed by atoms with Gasteiger partial charge in [0.1, 0.15) is 5.82 Å². The van der Waals surface area contributed by atoms with Crippen LogP contribution in [0.2, 0.25) is 0 Å². The van der Waals surface area contributed by atoms with Gasteiger partial charge in [0.05, 0.1) is 17.6 Å². The topological polar surface area (TPSA) is 41.2 Å². The number of imidazole rings is 1. The molecular formula is C17H25N3O. The molecule has 1 aliphatic rings. The molecule has 1 aliphatic heterocycles. The highest BCUT2D eigenvalue weighted by atomic mass is 16.5. The summed E-state index contributed by atoms with van der Waals surface area (Å²) in [5.74, 6) is 1.82. The highest BCUT2D eigenvalue weighted by Crippen LogP contribution is 2.19. The molecule has 1 N–H and O–H groups in total. The Hall–Kier alpha value is -1.39. The normalized spacial score (nSPS) is 17.0. The maximum atomic E-state index is 5.42. The zero-order valence-corrected chi connectivity index (χ0v) is 13.3. The van der Waals surface area contributed by atoms with Crippen molar-refractivity contribution in [2.45, 2.75) is 33.2 Å². The van der Waals surface area contributed by atoms with Gasteiger partial charge in [0, 0.05) is 19.8 Å². The molecule has 0 radical (unpaired) electrons. The summed E-state index contributed by atoms with van der Waals surface area (Å²) >= 11 is 0. The third-order valence-corrected chi connectivity index (χ3v) is 4.48. The summed E-state index contributed by atoms with van der Waals surface area (Å²) in [5, 5.41) is 0. The fourth-order valence-electron chi connectivity index (χ4n) is 3.09. The number of benzene rings is 1. The molecule has 0 saturated carbocycles. The summed E-state index contributed by atoms with van der Waals surface area (Å²) in [5.41, 5.74) is 4.84. The first-order valence-corrected chi connectivity index (χ1v) is 7.84. The zero-order valence-electron chi connectivity index (χ0n) is 13.3. The number of aromatic amines is 1. The first-order valence-electron chi connectivity index (χ1n) is 7.84. The standard InChI is InChI=1S/C17H25N3O/c1-12-8-15-16(9-13(12)2)19-17(18-15)11-20(3)10-14-4-6-21-7-5-14/h8-9,14H,4-7,10-11H2,1-3H3,(H,18,19). The lowest BCUT2D eigenvalue weighted by Gasteiger charge is -2.26. The van der Waals surface area contributed by atoms with E-state index < -0.39 is 0 Å². The van der Waals surface area contributed by atoms with E-state index in [1.807, 2.05) is 0 Å². The van der Waals surface area contributed by atoms with Crippen LogP contribution in [0.5, 0.6) is 0 Å². The van der Waals surface area contributed by atoms with Gasteiger partial charge in [-0.1, -0.05) is 0 Å². The molecule has 0 atom stereocenters. The minimum atomic E-state index is 0.762. The number of aryl methyl sites for hydroxylation is 2. The predicted octanol–water partition coefficient (Wildman–Crippen LogP) is 3.04. The Balaban J connectivity index is 1.66. The van der Waals surface area contributed by atoms with Gasteiger partial charge in [-0.15, -0.1) is 0 Å². The lowest BCUT2D eigenvalue weighted by molar-refractivity contribution is 0.0547. The van der Waals surface area contributed by atoms with Crippen molar-refractivity contribution in [2.24, 2.45) is 5.92 Å². The van der Waals surface area contributed by atoms with Crippen LogP contribution in [-0.2, 0) is 11.3 Å². The number of H-pyrrole nitrogens is 1. The number of fused-ring (bicyclic) bond motifs is 1. The Kier molecular flexibility index (Phi) is 4.27. The van der Waals surface area contributed by atoms with Crippen molar-refractivity contribution < 1.29 is 4.74 Å². The molecule has 21 heavy (non-hydrogen) atoms. The van der Waals surface area contributed by atoms with E-state index in [4.69, 9.17) is 9.72 Å². The van der Waals surface area contributed by atoms with Crippen molar-refractivity contribution in [1.29, 1.82) is 0 Å². The molecule has 3 rings (SSSR count). The highest BCUT2D eigenvalue weighted by molar-refractivity contribution is 5.77. The van der Waals surface area contributed by atoms with Gasteiger partial charge in [-0.2, -0.15) is 0 Å². The van der Waals surface area contributed by atoms with Crippen LogP contribution in [0.1, 0.15) is 29.8 Å². The van der Waals surface area contributed by atoms with Crippen LogP contribution in [0.4, 0.5) is 0 Å². The van der Waals surface area contributed by atoms with Crippen molar-refractivity contribution in [3.8, 4) is 0 Å². The Morgan fingerprint density at radius 3 is 2.71 bits per heavy atom. The monoisotopic (exact) mass is 287 g/mol. The maximum Gasteiger partial charge on any atom is 0.121 e. The first kappa shape index (κ1) is 14.5. The Labute approximate surface area is 126 Å². The molecule has 4 heteroatoms. The van der Waals surface area contributed by atoms with Gasteiger partial charge in [0.2, 0.25) is 0 Å². The third-order valence-electron chi connectivity index (χ3n) is 4.48. The molecule has 1 aromatic heterocycles. The van der Waals surface area contributed by atoms with Crippen LogP contribution in [0.3, 0.4) is 0 Å². The molecule has 4 nitrogen and oxygen atoms in total. The number of rotatable bonds is 4. The summed E-state index contributed by atoms with van der Waals surface area (Å²) < 4.78 is 5.42. The summed E-state index contributed by atoms with van der Waals surface area (Å²) in [7, 11) is 2.18. The third kappa shape index (κ3) is 3.44. The Bertz CT molecular complexity index is 575. The number of aromatic nitrogens is 2. The maximum absolute atomic E-state index is 5.42. The van der Waals surface area contributed by atoms with Gasteiger partial charge < -0.3 is 9.72 Å². The van der Waals surface area contributed by atoms with E-state index in [-0.39, 0.29) is 0 Å². The van der Waals surface area contributed by atoms with Crippen molar-refractivity contribution in [1.82, 2.24) is 14.9 Å². The van der Waals surface area contributed by atoms with Gasteiger partial charge >= 0.3 is 0 Å². The van der Waals surface area contributed by atoms with E-state index in [0.29, 0.717) is 0 Å². The van der Waals surface area contributed by atoms with Gasteiger partial charge in [0.15, 0.2) is 0 Å². The molecule has 1 fully saturated rings. The van der Waals surface area contributed by atoms with Gasteiger partial charge in [0.25, 0.3) is 0 Å². The summed E-state index contributed by atoms with van der Waals surface area (Å²) in [4.78, 5) is 10.5. The minimum absolute atomic E-state index is 0.762. The molecule has 0 amide bonds. The molecule has 114 valence electrons. The van der Waals surface area contributed by atoms with Crippen LogP contribution < -0.4 is 0 Å². The Morgan fingerprint density at radius 1 is 1.24 bits per heavy atom. The zero-order chi connectivity index (χ0) is 14.8. The number of hydrogen-bond donors (Lipinski definition) is 1.